The van der Waals surface area contributed by atoms with Gasteiger partial charge in [-0.1, -0.05) is 35.0 Å². The summed E-state index contributed by atoms with van der Waals surface area (Å²) in [6.07, 6.45) is 6.68. The molecule has 1 aromatic carbocycles. The molecule has 2 heterocycles. The van der Waals surface area contributed by atoms with E-state index in [1.54, 1.807) is 0 Å². The van der Waals surface area contributed by atoms with E-state index < -0.39 is 0 Å². The highest BCUT2D eigenvalue weighted by molar-refractivity contribution is 5.76. The highest BCUT2D eigenvalue weighted by Crippen LogP contribution is 2.32. The van der Waals surface area contributed by atoms with Crippen molar-refractivity contribution in [3.05, 3.63) is 35.7 Å². The fourth-order valence-corrected chi connectivity index (χ4v) is 3.45. The van der Waals surface area contributed by atoms with Crippen molar-refractivity contribution in [2.45, 2.75) is 57.9 Å². The molecule has 0 saturated carbocycles. The molecule has 3 rings (SSSR count). The minimum atomic E-state index is -0.0872. The summed E-state index contributed by atoms with van der Waals surface area (Å²) in [6, 6.07) is 7.98. The molecule has 0 aliphatic carbocycles. The van der Waals surface area contributed by atoms with E-state index in [0.29, 0.717) is 18.1 Å². The molecule has 1 aliphatic rings. The second-order valence-corrected chi connectivity index (χ2v) is 7.09. The van der Waals surface area contributed by atoms with Crippen LogP contribution in [0.3, 0.4) is 0 Å². The molecule has 1 aromatic heterocycles. The van der Waals surface area contributed by atoms with Gasteiger partial charge in [0.05, 0.1) is 6.54 Å². The standard InChI is InChI=1S/C20H28N4O2/c1-15-9-11-16(12-10-15)19-22-20(26-23-19)17-7-4-6-14-24(17)18(25)8-3-2-5-13-21/h9-12,17H,2-8,13-14,21H2,1H3/p+1/t17-/m1/s1. The SMILES string of the molecule is Cc1ccc(-c2noc([C@H]3CCCCN3C(=O)CCCCC[NH3+])n2)cc1. The van der Waals surface area contributed by atoms with Gasteiger partial charge in [-0.05, 0) is 45.4 Å². The lowest BCUT2D eigenvalue weighted by Gasteiger charge is -2.33. The van der Waals surface area contributed by atoms with Crippen LogP contribution in [0.1, 0.15) is 62.4 Å². The molecule has 1 aliphatic heterocycles. The number of likely N-dealkylation sites (tertiary alicyclic amines) is 1. The Hall–Kier alpha value is -2.21. The van der Waals surface area contributed by atoms with Gasteiger partial charge in [0.1, 0.15) is 6.04 Å². The van der Waals surface area contributed by atoms with Crippen LogP contribution in [0.25, 0.3) is 11.4 Å². The Balaban J connectivity index is 1.69. The van der Waals surface area contributed by atoms with E-state index in [1.807, 2.05) is 36.1 Å². The van der Waals surface area contributed by atoms with Crippen LogP contribution in [0.4, 0.5) is 0 Å². The van der Waals surface area contributed by atoms with Crippen molar-refractivity contribution in [2.24, 2.45) is 0 Å². The molecule has 0 radical (unpaired) electrons. The lowest BCUT2D eigenvalue weighted by molar-refractivity contribution is -0.368. The average molecular weight is 357 g/mol. The highest BCUT2D eigenvalue weighted by atomic mass is 16.5. The summed E-state index contributed by atoms with van der Waals surface area (Å²) in [7, 11) is 0. The van der Waals surface area contributed by atoms with Crippen LogP contribution in [0.15, 0.2) is 28.8 Å². The van der Waals surface area contributed by atoms with Crippen LogP contribution in [0.5, 0.6) is 0 Å². The number of carbonyl (C=O) groups is 1. The first kappa shape index (κ1) is 18.6. The molecule has 1 amide bonds. The third-order valence-corrected chi connectivity index (χ3v) is 5.00. The molecule has 26 heavy (non-hydrogen) atoms. The second-order valence-electron chi connectivity index (χ2n) is 7.09. The maximum atomic E-state index is 12.7. The largest absolute Gasteiger partial charge is 0.358 e. The molecular weight excluding hydrogens is 328 g/mol. The lowest BCUT2D eigenvalue weighted by atomic mass is 10.0. The van der Waals surface area contributed by atoms with Crippen molar-refractivity contribution < 1.29 is 15.1 Å². The minimum Gasteiger partial charge on any atom is -0.358 e. The van der Waals surface area contributed by atoms with Crippen LogP contribution in [0.2, 0.25) is 0 Å². The summed E-state index contributed by atoms with van der Waals surface area (Å²) in [4.78, 5) is 19.2. The van der Waals surface area contributed by atoms with Crippen molar-refractivity contribution in [2.75, 3.05) is 13.1 Å². The van der Waals surface area contributed by atoms with Crippen LogP contribution in [0, 0.1) is 6.92 Å². The van der Waals surface area contributed by atoms with Gasteiger partial charge in [-0.15, -0.1) is 0 Å². The van der Waals surface area contributed by atoms with Gasteiger partial charge in [0.2, 0.25) is 17.6 Å². The van der Waals surface area contributed by atoms with Gasteiger partial charge in [-0.2, -0.15) is 4.98 Å². The van der Waals surface area contributed by atoms with E-state index in [9.17, 15) is 4.79 Å². The van der Waals surface area contributed by atoms with Crippen LogP contribution in [-0.2, 0) is 4.79 Å². The molecule has 0 spiro atoms. The first-order chi connectivity index (χ1) is 12.7. The fourth-order valence-electron chi connectivity index (χ4n) is 3.45. The third-order valence-electron chi connectivity index (χ3n) is 5.00. The Kier molecular flexibility index (Phi) is 6.39. The van der Waals surface area contributed by atoms with Crippen LogP contribution in [-0.4, -0.2) is 34.0 Å². The number of unbranched alkanes of at least 4 members (excludes halogenated alkanes) is 2. The minimum absolute atomic E-state index is 0.0872. The molecule has 1 saturated heterocycles. The molecule has 6 heteroatoms. The summed E-state index contributed by atoms with van der Waals surface area (Å²) in [6.45, 7) is 3.76. The van der Waals surface area contributed by atoms with E-state index in [-0.39, 0.29) is 11.9 Å². The predicted octanol–water partition coefficient (Wildman–Crippen LogP) is 2.90. The monoisotopic (exact) mass is 357 g/mol. The van der Waals surface area contributed by atoms with Gasteiger partial charge in [0, 0.05) is 18.5 Å². The second kappa shape index (κ2) is 8.94. The maximum Gasteiger partial charge on any atom is 0.249 e. The zero-order chi connectivity index (χ0) is 18.4. The number of aromatic nitrogens is 2. The first-order valence-electron chi connectivity index (χ1n) is 9.68. The van der Waals surface area contributed by atoms with Crippen molar-refractivity contribution in [1.82, 2.24) is 15.0 Å². The summed E-state index contributed by atoms with van der Waals surface area (Å²) in [5, 5.41) is 4.14. The van der Waals surface area contributed by atoms with E-state index >= 15 is 0 Å². The van der Waals surface area contributed by atoms with Crippen molar-refractivity contribution in [3.63, 3.8) is 0 Å². The van der Waals surface area contributed by atoms with Crippen molar-refractivity contribution >= 4 is 5.91 Å². The molecular formula is C20H29N4O2+. The Morgan fingerprint density at radius 3 is 2.81 bits per heavy atom. The van der Waals surface area contributed by atoms with Crippen LogP contribution < -0.4 is 5.73 Å². The fraction of sp³-hybridized carbons (Fsp3) is 0.550. The summed E-state index contributed by atoms with van der Waals surface area (Å²) in [5.41, 5.74) is 5.99. The Morgan fingerprint density at radius 1 is 1.23 bits per heavy atom. The molecule has 3 N–H and O–H groups in total. The number of quaternary nitrogens is 1. The third kappa shape index (κ3) is 4.49. The number of benzene rings is 1. The molecule has 1 fully saturated rings. The van der Waals surface area contributed by atoms with Crippen LogP contribution >= 0.6 is 0 Å². The van der Waals surface area contributed by atoms with Crippen molar-refractivity contribution in [1.29, 1.82) is 0 Å². The summed E-state index contributed by atoms with van der Waals surface area (Å²) < 4.78 is 5.55. The van der Waals surface area contributed by atoms with E-state index in [2.05, 4.69) is 15.9 Å². The summed E-state index contributed by atoms with van der Waals surface area (Å²) in [5.74, 6) is 1.36. The van der Waals surface area contributed by atoms with Gasteiger partial charge in [-0.3, -0.25) is 4.79 Å². The van der Waals surface area contributed by atoms with Gasteiger partial charge < -0.3 is 15.2 Å². The van der Waals surface area contributed by atoms with Crippen molar-refractivity contribution in [3.8, 4) is 11.4 Å². The molecule has 0 bridgehead atoms. The van der Waals surface area contributed by atoms with E-state index in [1.165, 1.54) is 5.56 Å². The number of hydrogen-bond acceptors (Lipinski definition) is 4. The number of rotatable bonds is 7. The van der Waals surface area contributed by atoms with Gasteiger partial charge in [-0.25, -0.2) is 0 Å². The number of aryl methyl sites for hydroxylation is 1. The molecule has 0 unspecified atom stereocenters. The van der Waals surface area contributed by atoms with Gasteiger partial charge in [0.15, 0.2) is 0 Å². The smallest absolute Gasteiger partial charge is 0.249 e. The molecule has 2 aromatic rings. The number of carbonyl (C=O) groups excluding carboxylic acids is 1. The Labute approximate surface area is 154 Å². The average Bonchev–Trinajstić information content (AvgIpc) is 3.16. The van der Waals surface area contributed by atoms with Gasteiger partial charge in [0.25, 0.3) is 0 Å². The lowest BCUT2D eigenvalue weighted by Crippen LogP contribution is -2.50. The molecule has 140 valence electrons. The maximum absolute atomic E-state index is 12.7. The Morgan fingerprint density at radius 2 is 2.04 bits per heavy atom. The highest BCUT2D eigenvalue weighted by Gasteiger charge is 2.31. The number of piperidine rings is 1. The van der Waals surface area contributed by atoms with E-state index in [4.69, 9.17) is 4.52 Å². The molecule has 1 atom stereocenters. The van der Waals surface area contributed by atoms with E-state index in [0.717, 1.165) is 57.2 Å². The number of amides is 1. The zero-order valence-electron chi connectivity index (χ0n) is 15.6. The summed E-state index contributed by atoms with van der Waals surface area (Å²) >= 11 is 0. The Bertz CT molecular complexity index is 711. The first-order valence-corrected chi connectivity index (χ1v) is 9.68. The topological polar surface area (TPSA) is 86.9 Å². The number of hydrogen-bond donors (Lipinski definition) is 1. The number of nitrogens with zero attached hydrogens (tertiary/aromatic N) is 3. The predicted molar refractivity (Wildman–Crippen MR) is 99.0 cm³/mol. The normalized spacial score (nSPS) is 17.5. The quantitative estimate of drug-likeness (QED) is 0.772. The van der Waals surface area contributed by atoms with Gasteiger partial charge >= 0.3 is 0 Å². The zero-order valence-corrected chi connectivity index (χ0v) is 15.6. The molecule has 6 nitrogen and oxygen atoms in total.